The van der Waals surface area contributed by atoms with Crippen molar-refractivity contribution in [1.82, 2.24) is 14.7 Å². The number of likely N-dealkylation sites (tertiary alicyclic amines) is 1. The van der Waals surface area contributed by atoms with E-state index < -0.39 is 6.04 Å². The van der Waals surface area contributed by atoms with Gasteiger partial charge in [-0.3, -0.25) is 9.48 Å². The third-order valence-corrected chi connectivity index (χ3v) is 3.75. The molecule has 0 saturated carbocycles. The number of halogens is 2. The number of rotatable bonds is 4. The lowest BCUT2D eigenvalue weighted by atomic mass is 9.93. The quantitative estimate of drug-likeness (QED) is 0.886. The SMILES string of the molecule is COCC(N)C(=O)N1CCC(c2ccnn2C)CC1.Cl.Cl. The Bertz CT molecular complexity index is 434. The van der Waals surface area contributed by atoms with E-state index in [2.05, 4.69) is 11.2 Å². The molecular weight excluding hydrogens is 315 g/mol. The summed E-state index contributed by atoms with van der Waals surface area (Å²) in [6.45, 7) is 1.79. The van der Waals surface area contributed by atoms with Crippen LogP contribution in [0.25, 0.3) is 0 Å². The van der Waals surface area contributed by atoms with Crippen LogP contribution in [0.4, 0.5) is 0 Å². The Morgan fingerprint density at radius 1 is 1.48 bits per heavy atom. The maximum absolute atomic E-state index is 12.1. The van der Waals surface area contributed by atoms with Crippen molar-refractivity contribution in [3.05, 3.63) is 18.0 Å². The summed E-state index contributed by atoms with van der Waals surface area (Å²) in [7, 11) is 3.52. The predicted octanol–water partition coefficient (Wildman–Crippen LogP) is 0.943. The van der Waals surface area contributed by atoms with Crippen LogP contribution in [0.1, 0.15) is 24.5 Å². The number of aryl methyl sites for hydroxylation is 1. The third-order valence-electron chi connectivity index (χ3n) is 3.75. The van der Waals surface area contributed by atoms with Crippen LogP contribution < -0.4 is 5.73 Å². The maximum atomic E-state index is 12.1. The van der Waals surface area contributed by atoms with Crippen molar-refractivity contribution in [3.8, 4) is 0 Å². The summed E-state index contributed by atoms with van der Waals surface area (Å²) in [4.78, 5) is 13.9. The van der Waals surface area contributed by atoms with Crippen LogP contribution >= 0.6 is 24.8 Å². The lowest BCUT2D eigenvalue weighted by Crippen LogP contribution is -2.48. The molecule has 2 heterocycles. The summed E-state index contributed by atoms with van der Waals surface area (Å²) in [5.74, 6) is 0.473. The number of aromatic nitrogens is 2. The average molecular weight is 339 g/mol. The highest BCUT2D eigenvalue weighted by Gasteiger charge is 2.27. The van der Waals surface area contributed by atoms with Gasteiger partial charge >= 0.3 is 0 Å². The molecule has 1 aromatic heterocycles. The van der Waals surface area contributed by atoms with Crippen LogP contribution in [0.15, 0.2) is 12.3 Å². The van der Waals surface area contributed by atoms with Crippen molar-refractivity contribution >= 4 is 30.7 Å². The van der Waals surface area contributed by atoms with Crippen molar-refractivity contribution in [3.63, 3.8) is 0 Å². The Labute approximate surface area is 137 Å². The van der Waals surface area contributed by atoms with Crippen molar-refractivity contribution in [2.75, 3.05) is 26.8 Å². The smallest absolute Gasteiger partial charge is 0.241 e. The van der Waals surface area contributed by atoms with Crippen molar-refractivity contribution < 1.29 is 9.53 Å². The molecule has 0 radical (unpaired) electrons. The molecule has 21 heavy (non-hydrogen) atoms. The lowest BCUT2D eigenvalue weighted by molar-refractivity contribution is -0.134. The van der Waals surface area contributed by atoms with Gasteiger partial charge in [-0.25, -0.2) is 0 Å². The minimum Gasteiger partial charge on any atom is -0.383 e. The van der Waals surface area contributed by atoms with Crippen molar-refractivity contribution in [1.29, 1.82) is 0 Å². The fourth-order valence-electron chi connectivity index (χ4n) is 2.67. The normalized spacial score (nSPS) is 16.8. The van der Waals surface area contributed by atoms with Crippen LogP contribution in [0, 0.1) is 0 Å². The van der Waals surface area contributed by atoms with E-state index in [0.29, 0.717) is 5.92 Å². The minimum absolute atomic E-state index is 0. The van der Waals surface area contributed by atoms with E-state index in [1.807, 2.05) is 22.8 Å². The molecule has 0 aliphatic carbocycles. The van der Waals surface area contributed by atoms with Gasteiger partial charge in [-0.1, -0.05) is 0 Å². The number of ether oxygens (including phenoxy) is 1. The molecule has 2 rings (SSSR count). The second-order valence-electron chi connectivity index (χ2n) is 5.04. The highest BCUT2D eigenvalue weighted by molar-refractivity contribution is 5.85. The summed E-state index contributed by atoms with van der Waals surface area (Å²) in [6, 6.07) is 1.51. The van der Waals surface area contributed by atoms with Gasteiger partial charge < -0.3 is 15.4 Å². The Kier molecular flexibility index (Phi) is 8.89. The summed E-state index contributed by atoms with van der Waals surface area (Å²) in [6.07, 6.45) is 3.75. The van der Waals surface area contributed by atoms with Gasteiger partial charge in [0.15, 0.2) is 0 Å². The molecule has 0 aromatic carbocycles. The van der Waals surface area contributed by atoms with Gasteiger partial charge in [-0.2, -0.15) is 5.10 Å². The largest absolute Gasteiger partial charge is 0.383 e. The number of carbonyl (C=O) groups excluding carboxylic acids is 1. The zero-order valence-corrected chi connectivity index (χ0v) is 14.0. The van der Waals surface area contributed by atoms with Gasteiger partial charge in [0.05, 0.1) is 6.61 Å². The second-order valence-corrected chi connectivity index (χ2v) is 5.04. The summed E-state index contributed by atoms with van der Waals surface area (Å²) in [5.41, 5.74) is 7.03. The molecule has 1 aliphatic heterocycles. The number of piperidine rings is 1. The highest BCUT2D eigenvalue weighted by atomic mass is 35.5. The van der Waals surface area contributed by atoms with Gasteiger partial charge in [-0.15, -0.1) is 24.8 Å². The minimum atomic E-state index is -0.543. The first kappa shape index (κ1) is 20.2. The molecule has 1 aliphatic rings. The molecular formula is C13H24Cl2N4O2. The van der Waals surface area contributed by atoms with Gasteiger partial charge in [0.2, 0.25) is 5.91 Å². The molecule has 2 N–H and O–H groups in total. The number of amides is 1. The number of hydrogen-bond acceptors (Lipinski definition) is 4. The molecule has 0 bridgehead atoms. The van der Waals surface area contributed by atoms with E-state index in [0.717, 1.165) is 25.9 Å². The Morgan fingerprint density at radius 3 is 2.57 bits per heavy atom. The molecule has 1 amide bonds. The fraction of sp³-hybridized carbons (Fsp3) is 0.692. The number of methoxy groups -OCH3 is 1. The first-order chi connectivity index (χ1) is 9.13. The highest BCUT2D eigenvalue weighted by Crippen LogP contribution is 2.27. The van der Waals surface area contributed by atoms with E-state index in [9.17, 15) is 4.79 Å². The second kappa shape index (κ2) is 9.25. The van der Waals surface area contributed by atoms with Gasteiger partial charge in [0, 0.05) is 45.1 Å². The standard InChI is InChI=1S/C13H22N4O2.2ClH/c1-16-12(3-6-15-16)10-4-7-17(8-5-10)13(18)11(14)9-19-2;;/h3,6,10-11H,4-5,7-9,14H2,1-2H3;2*1H. The van der Waals surface area contributed by atoms with E-state index in [1.165, 1.54) is 5.69 Å². The monoisotopic (exact) mass is 338 g/mol. The maximum Gasteiger partial charge on any atom is 0.241 e. The molecule has 1 unspecified atom stereocenters. The fourth-order valence-corrected chi connectivity index (χ4v) is 2.67. The lowest BCUT2D eigenvalue weighted by Gasteiger charge is -2.33. The van der Waals surface area contributed by atoms with E-state index >= 15 is 0 Å². The van der Waals surface area contributed by atoms with E-state index in [-0.39, 0.29) is 37.3 Å². The van der Waals surface area contributed by atoms with Crippen LogP contribution in [0.2, 0.25) is 0 Å². The van der Waals surface area contributed by atoms with Crippen molar-refractivity contribution in [2.24, 2.45) is 12.8 Å². The molecule has 1 atom stereocenters. The molecule has 0 spiro atoms. The number of nitrogens with two attached hydrogens (primary N) is 1. The van der Waals surface area contributed by atoms with E-state index in [1.54, 1.807) is 7.11 Å². The number of hydrogen-bond donors (Lipinski definition) is 1. The molecule has 122 valence electrons. The van der Waals surface area contributed by atoms with Crippen LogP contribution in [-0.4, -0.2) is 53.4 Å². The third kappa shape index (κ3) is 4.85. The average Bonchev–Trinajstić information content (AvgIpc) is 2.84. The van der Waals surface area contributed by atoms with Gasteiger partial charge in [0.25, 0.3) is 0 Å². The summed E-state index contributed by atoms with van der Waals surface area (Å²) >= 11 is 0. The van der Waals surface area contributed by atoms with Crippen LogP contribution in [0.3, 0.4) is 0 Å². The van der Waals surface area contributed by atoms with Gasteiger partial charge in [0.1, 0.15) is 6.04 Å². The molecule has 1 aromatic rings. The number of nitrogens with zero attached hydrogens (tertiary/aromatic N) is 3. The summed E-state index contributed by atoms with van der Waals surface area (Å²) in [5, 5.41) is 4.20. The summed E-state index contributed by atoms with van der Waals surface area (Å²) < 4.78 is 6.84. The first-order valence-corrected chi connectivity index (χ1v) is 6.64. The van der Waals surface area contributed by atoms with Gasteiger partial charge in [-0.05, 0) is 18.9 Å². The van der Waals surface area contributed by atoms with Crippen LogP contribution in [0.5, 0.6) is 0 Å². The number of carbonyl (C=O) groups is 1. The Hall–Kier alpha value is -0.820. The molecule has 1 saturated heterocycles. The van der Waals surface area contributed by atoms with Crippen LogP contribution in [-0.2, 0) is 16.6 Å². The molecule has 1 fully saturated rings. The van der Waals surface area contributed by atoms with E-state index in [4.69, 9.17) is 10.5 Å². The molecule has 6 nitrogen and oxygen atoms in total. The predicted molar refractivity (Wildman–Crippen MR) is 86.1 cm³/mol. The zero-order chi connectivity index (χ0) is 13.8. The Morgan fingerprint density at radius 2 is 2.10 bits per heavy atom. The Balaban J connectivity index is 0.00000200. The first-order valence-electron chi connectivity index (χ1n) is 6.64. The molecule has 8 heteroatoms. The van der Waals surface area contributed by atoms with Crippen molar-refractivity contribution in [2.45, 2.75) is 24.8 Å². The topological polar surface area (TPSA) is 73.4 Å². The zero-order valence-electron chi connectivity index (χ0n) is 12.4.